The summed E-state index contributed by atoms with van der Waals surface area (Å²) < 4.78 is 5.59. The molecule has 17 heavy (non-hydrogen) atoms. The molecule has 0 amide bonds. The van der Waals surface area contributed by atoms with Gasteiger partial charge in [0.15, 0.2) is 0 Å². The zero-order valence-electron chi connectivity index (χ0n) is 10.7. The van der Waals surface area contributed by atoms with Crippen LogP contribution < -0.4 is 5.73 Å². The Morgan fingerprint density at radius 1 is 1.41 bits per heavy atom. The Labute approximate surface area is 103 Å². The van der Waals surface area contributed by atoms with E-state index in [0.29, 0.717) is 6.61 Å². The summed E-state index contributed by atoms with van der Waals surface area (Å²) in [7, 11) is 0. The van der Waals surface area contributed by atoms with Crippen molar-refractivity contribution in [3.8, 4) is 0 Å². The molecule has 0 aliphatic carbocycles. The summed E-state index contributed by atoms with van der Waals surface area (Å²) in [5, 5.41) is 7.36. The average molecular weight is 234 g/mol. The van der Waals surface area contributed by atoms with E-state index in [1.807, 2.05) is 24.3 Å². The fraction of sp³-hybridized carbons (Fsp3) is 0.500. The van der Waals surface area contributed by atoms with Gasteiger partial charge in [0.25, 0.3) is 0 Å². The Kier molecular flexibility index (Phi) is 5.70. The lowest BCUT2D eigenvalue weighted by Crippen LogP contribution is -2.11. The van der Waals surface area contributed by atoms with Gasteiger partial charge in [-0.2, -0.15) is 0 Å². The lowest BCUT2D eigenvalue weighted by Gasteiger charge is -2.07. The van der Waals surface area contributed by atoms with Crippen LogP contribution in [0.3, 0.4) is 0 Å². The summed E-state index contributed by atoms with van der Waals surface area (Å²) in [5.41, 5.74) is 7.26. The highest BCUT2D eigenvalue weighted by molar-refractivity contribution is 5.95. The highest BCUT2D eigenvalue weighted by Gasteiger charge is 1.99. The fourth-order valence-electron chi connectivity index (χ4n) is 1.61. The van der Waals surface area contributed by atoms with Gasteiger partial charge in [-0.25, -0.2) is 0 Å². The number of rotatable bonds is 7. The second kappa shape index (κ2) is 7.07. The molecular formula is C14H22N2O. The molecule has 3 nitrogen and oxygen atoms in total. The van der Waals surface area contributed by atoms with E-state index in [1.54, 1.807) is 0 Å². The second-order valence-electron chi connectivity index (χ2n) is 4.70. The van der Waals surface area contributed by atoms with Crippen molar-refractivity contribution in [3.63, 3.8) is 0 Å². The number of hydrogen-bond donors (Lipinski definition) is 2. The molecule has 0 aliphatic rings. The summed E-state index contributed by atoms with van der Waals surface area (Å²) >= 11 is 0. The number of benzene rings is 1. The quantitative estimate of drug-likeness (QED) is 0.433. The summed E-state index contributed by atoms with van der Waals surface area (Å²) in [6.07, 6.45) is 2.30. The van der Waals surface area contributed by atoms with Crippen molar-refractivity contribution in [1.82, 2.24) is 0 Å². The third-order valence-electron chi connectivity index (χ3n) is 2.58. The predicted molar refractivity (Wildman–Crippen MR) is 71.2 cm³/mol. The van der Waals surface area contributed by atoms with Gasteiger partial charge < -0.3 is 10.5 Å². The van der Waals surface area contributed by atoms with E-state index in [4.69, 9.17) is 15.9 Å². The van der Waals surface area contributed by atoms with Gasteiger partial charge in [0, 0.05) is 12.2 Å². The molecule has 0 bridgehead atoms. The molecule has 0 unspecified atom stereocenters. The SMILES string of the molecule is CC(C)CCCOCc1cccc(C(=N)N)c1. The van der Waals surface area contributed by atoms with Gasteiger partial charge >= 0.3 is 0 Å². The Bertz CT molecular complexity index is 361. The number of ether oxygens (including phenoxy) is 1. The lowest BCUT2D eigenvalue weighted by molar-refractivity contribution is 0.115. The highest BCUT2D eigenvalue weighted by atomic mass is 16.5. The van der Waals surface area contributed by atoms with Crippen LogP contribution in [0.1, 0.15) is 37.8 Å². The number of amidine groups is 1. The first kappa shape index (κ1) is 13.7. The zero-order valence-corrected chi connectivity index (χ0v) is 10.7. The third kappa shape index (κ3) is 5.50. The van der Waals surface area contributed by atoms with E-state index in [1.165, 1.54) is 6.42 Å². The Morgan fingerprint density at radius 3 is 2.82 bits per heavy atom. The van der Waals surface area contributed by atoms with Gasteiger partial charge in [-0.15, -0.1) is 0 Å². The maximum atomic E-state index is 7.36. The Balaban J connectivity index is 2.31. The molecule has 3 heteroatoms. The van der Waals surface area contributed by atoms with Gasteiger partial charge in [0.1, 0.15) is 5.84 Å². The maximum Gasteiger partial charge on any atom is 0.122 e. The summed E-state index contributed by atoms with van der Waals surface area (Å²) in [5.74, 6) is 0.839. The van der Waals surface area contributed by atoms with Crippen molar-refractivity contribution in [2.75, 3.05) is 6.61 Å². The van der Waals surface area contributed by atoms with E-state index in [2.05, 4.69) is 13.8 Å². The zero-order chi connectivity index (χ0) is 12.7. The number of hydrogen-bond acceptors (Lipinski definition) is 2. The molecule has 0 spiro atoms. The first-order chi connectivity index (χ1) is 8.09. The smallest absolute Gasteiger partial charge is 0.122 e. The predicted octanol–water partition coefficient (Wildman–Crippen LogP) is 2.92. The van der Waals surface area contributed by atoms with Gasteiger partial charge in [-0.3, -0.25) is 5.41 Å². The standard InChI is InChI=1S/C14H22N2O/c1-11(2)5-4-8-17-10-12-6-3-7-13(9-12)14(15)16/h3,6-7,9,11H,4-5,8,10H2,1-2H3,(H3,15,16). The van der Waals surface area contributed by atoms with Gasteiger partial charge in [0.05, 0.1) is 6.61 Å². The van der Waals surface area contributed by atoms with Gasteiger partial charge in [-0.1, -0.05) is 32.0 Å². The molecule has 0 aliphatic heterocycles. The van der Waals surface area contributed by atoms with Crippen LogP contribution in [-0.2, 0) is 11.3 Å². The maximum absolute atomic E-state index is 7.36. The number of nitrogens with two attached hydrogens (primary N) is 1. The molecule has 0 heterocycles. The average Bonchev–Trinajstić information content (AvgIpc) is 2.28. The van der Waals surface area contributed by atoms with Crippen molar-refractivity contribution in [2.45, 2.75) is 33.3 Å². The van der Waals surface area contributed by atoms with Crippen LogP contribution in [0.2, 0.25) is 0 Å². The molecular weight excluding hydrogens is 212 g/mol. The third-order valence-corrected chi connectivity index (χ3v) is 2.58. The van der Waals surface area contributed by atoms with E-state index in [0.717, 1.165) is 30.1 Å². The van der Waals surface area contributed by atoms with E-state index in [9.17, 15) is 0 Å². The number of nitrogen functional groups attached to an aromatic ring is 1. The molecule has 0 aromatic heterocycles. The molecule has 0 atom stereocenters. The minimum Gasteiger partial charge on any atom is -0.384 e. The Hall–Kier alpha value is -1.35. The molecule has 1 aromatic rings. The van der Waals surface area contributed by atoms with Crippen molar-refractivity contribution < 1.29 is 4.74 Å². The molecule has 0 saturated heterocycles. The minimum atomic E-state index is 0.103. The van der Waals surface area contributed by atoms with E-state index in [-0.39, 0.29) is 5.84 Å². The topological polar surface area (TPSA) is 59.1 Å². The van der Waals surface area contributed by atoms with Crippen molar-refractivity contribution in [2.24, 2.45) is 11.7 Å². The van der Waals surface area contributed by atoms with Crippen LogP contribution in [0.25, 0.3) is 0 Å². The first-order valence-corrected chi connectivity index (χ1v) is 6.10. The molecule has 0 saturated carbocycles. The summed E-state index contributed by atoms with van der Waals surface area (Å²) in [6.45, 7) is 5.83. The van der Waals surface area contributed by atoms with Crippen LogP contribution in [-0.4, -0.2) is 12.4 Å². The molecule has 94 valence electrons. The van der Waals surface area contributed by atoms with Crippen LogP contribution in [0.5, 0.6) is 0 Å². The van der Waals surface area contributed by atoms with Gasteiger partial charge in [0.2, 0.25) is 0 Å². The van der Waals surface area contributed by atoms with Crippen LogP contribution in [0, 0.1) is 11.3 Å². The van der Waals surface area contributed by atoms with E-state index >= 15 is 0 Å². The Morgan fingerprint density at radius 2 is 2.18 bits per heavy atom. The molecule has 0 radical (unpaired) electrons. The van der Waals surface area contributed by atoms with Crippen LogP contribution in [0.15, 0.2) is 24.3 Å². The summed E-state index contributed by atoms with van der Waals surface area (Å²) in [4.78, 5) is 0. The molecule has 3 N–H and O–H groups in total. The second-order valence-corrected chi connectivity index (χ2v) is 4.70. The molecule has 0 fully saturated rings. The summed E-state index contributed by atoms with van der Waals surface area (Å²) in [6, 6.07) is 7.65. The lowest BCUT2D eigenvalue weighted by atomic mass is 10.1. The van der Waals surface area contributed by atoms with Crippen molar-refractivity contribution in [1.29, 1.82) is 5.41 Å². The van der Waals surface area contributed by atoms with Gasteiger partial charge in [-0.05, 0) is 30.4 Å². The fourth-order valence-corrected chi connectivity index (χ4v) is 1.61. The van der Waals surface area contributed by atoms with Crippen LogP contribution in [0.4, 0.5) is 0 Å². The number of nitrogens with one attached hydrogen (secondary N) is 1. The highest BCUT2D eigenvalue weighted by Crippen LogP contribution is 2.08. The normalized spacial score (nSPS) is 10.8. The molecule has 1 aromatic carbocycles. The minimum absolute atomic E-state index is 0.103. The van der Waals surface area contributed by atoms with Crippen LogP contribution >= 0.6 is 0 Å². The van der Waals surface area contributed by atoms with Crippen molar-refractivity contribution >= 4 is 5.84 Å². The van der Waals surface area contributed by atoms with E-state index < -0.39 is 0 Å². The van der Waals surface area contributed by atoms with Crippen molar-refractivity contribution in [3.05, 3.63) is 35.4 Å². The largest absolute Gasteiger partial charge is 0.384 e. The monoisotopic (exact) mass is 234 g/mol. The molecule has 1 rings (SSSR count). The first-order valence-electron chi connectivity index (χ1n) is 6.10.